The van der Waals surface area contributed by atoms with Crippen molar-refractivity contribution in [3.05, 3.63) is 77.0 Å². The maximum atomic E-state index is 14.9. The van der Waals surface area contributed by atoms with Gasteiger partial charge in [-0.05, 0) is 180 Å². The van der Waals surface area contributed by atoms with Crippen LogP contribution in [0.15, 0.2) is 64.7 Å². The van der Waals surface area contributed by atoms with E-state index >= 15 is 0 Å². The molecule has 39 heteroatoms. The second-order valence-electron chi connectivity index (χ2n) is 28.4. The number of hydrogen-bond acceptors (Lipinski definition) is 25. The van der Waals surface area contributed by atoms with E-state index in [-0.39, 0.29) is 157 Å². The Balaban J connectivity index is 1.01. The predicted molar refractivity (Wildman–Crippen MR) is 435 cm³/mol. The lowest BCUT2D eigenvalue weighted by Crippen LogP contribution is -2.60. The van der Waals surface area contributed by atoms with Gasteiger partial charge in [-0.3, -0.25) is 62.7 Å². The van der Waals surface area contributed by atoms with E-state index < -0.39 is 131 Å². The number of aromatic amines is 1. The highest BCUT2D eigenvalue weighted by Gasteiger charge is 2.53. The summed E-state index contributed by atoms with van der Waals surface area (Å²) in [5.41, 5.74) is 55.4. The number of rotatable bonds is 52. The monoisotopic (exact) mass is 1640 g/mol. The molecular formula is C76H114N20O17S2. The summed E-state index contributed by atoms with van der Waals surface area (Å²) in [7, 11) is 2.80. The number of cyclic esters (lactones) is 1. The van der Waals surface area contributed by atoms with Crippen molar-refractivity contribution in [1.82, 2.24) is 47.5 Å². The van der Waals surface area contributed by atoms with Crippen molar-refractivity contribution in [2.75, 3.05) is 90.4 Å². The summed E-state index contributed by atoms with van der Waals surface area (Å²) in [5.74, 6) is -9.02. The zero-order chi connectivity index (χ0) is 83.7. The molecule has 12 atom stereocenters. The van der Waals surface area contributed by atoms with Gasteiger partial charge in [0.1, 0.15) is 48.1 Å². The number of nitrogens with two attached hydrogens (primary N) is 9. The molecule has 28 N–H and O–H groups in total. The number of Topliss-reactive ketones (excluding diaryl/α,β-unsaturated/α-hetero) is 1. The first-order valence-electron chi connectivity index (χ1n) is 38.6. The first-order valence-corrected chi connectivity index (χ1v) is 41.1. The third kappa shape index (κ3) is 27.4. The van der Waals surface area contributed by atoms with Crippen molar-refractivity contribution in [3.8, 4) is 28.7 Å². The SMILES string of the molecule is COc1cc([C@@H]2c3cc4c(cc3[C@@H](CC(=O)CSC[C@H](N)C(=O)NCCC(=O)N[C@@H](CCCN=C(N)N)C(=O)N[C@@H](CCCN=C(N)N)C(=O)N[C@@H](CCSC)C(=O)N[C@@H](CCCCN)C(=O)N[C@@H](Cc3c[nH]c5ccccc35)C(=O)N[C@@H](CCCCN)C(=O)N[C@@H](CCCCN)C(N)=O)[C@H]3COC(=O)[C@H]23)OCO4)cc(OC)c1O. The Hall–Kier alpha value is -10.3. The topological polar surface area (TPSA) is 625 Å². The van der Waals surface area contributed by atoms with Crippen molar-refractivity contribution in [1.29, 1.82) is 0 Å². The molecule has 1 saturated heterocycles. The fraction of sp³-hybridized carbons (Fsp3) is 0.566. The van der Waals surface area contributed by atoms with E-state index in [9.17, 15) is 57.8 Å². The number of primary amides is 1. The number of H-pyrrole nitrogens is 1. The minimum atomic E-state index is -1.40. The fourth-order valence-electron chi connectivity index (χ4n) is 14.1. The number of nitrogens with one attached hydrogen (secondary N) is 9. The minimum absolute atomic E-state index is 0.00279. The Morgan fingerprint density at radius 1 is 0.609 bits per heavy atom. The molecule has 3 aromatic carbocycles. The van der Waals surface area contributed by atoms with Crippen molar-refractivity contribution in [2.45, 2.75) is 169 Å². The Labute approximate surface area is 675 Å². The second kappa shape index (κ2) is 46.9. The fourth-order valence-corrected chi connectivity index (χ4v) is 15.5. The van der Waals surface area contributed by atoms with Crippen LogP contribution in [0.25, 0.3) is 10.9 Å². The van der Waals surface area contributed by atoms with Crippen LogP contribution in [0.5, 0.6) is 28.7 Å². The Kier molecular flexibility index (Phi) is 37.4. The normalized spacial score (nSPS) is 17.2. The summed E-state index contributed by atoms with van der Waals surface area (Å²) in [6, 6.07) is 4.01. The minimum Gasteiger partial charge on any atom is -0.502 e. The molecule has 3 aliphatic rings. The number of ketones is 1. The summed E-state index contributed by atoms with van der Waals surface area (Å²) in [5, 5.41) is 33.5. The van der Waals surface area contributed by atoms with Gasteiger partial charge >= 0.3 is 5.97 Å². The number of ether oxygens (including phenoxy) is 5. The van der Waals surface area contributed by atoms with Gasteiger partial charge in [-0.1, -0.05) is 18.2 Å². The molecule has 0 saturated carbocycles. The highest BCUT2D eigenvalue weighted by Crippen LogP contribution is 2.57. The van der Waals surface area contributed by atoms with Crippen molar-refractivity contribution < 1.29 is 81.5 Å². The molecule has 2 aliphatic heterocycles. The number of nitrogens with zero attached hydrogens (tertiary/aromatic N) is 2. The van der Waals surface area contributed by atoms with Gasteiger partial charge in [0.2, 0.25) is 65.7 Å². The van der Waals surface area contributed by atoms with Gasteiger partial charge < -0.3 is 128 Å². The molecule has 9 amide bonds. The highest BCUT2D eigenvalue weighted by atomic mass is 32.2. The molecule has 1 aromatic heterocycles. The van der Waals surface area contributed by atoms with E-state index in [1.165, 1.54) is 26.0 Å². The van der Waals surface area contributed by atoms with Crippen LogP contribution in [0.1, 0.15) is 137 Å². The van der Waals surface area contributed by atoms with Crippen LogP contribution in [0.2, 0.25) is 0 Å². The lowest BCUT2D eigenvalue weighted by atomic mass is 9.62. The van der Waals surface area contributed by atoms with Gasteiger partial charge in [-0.15, -0.1) is 0 Å². The number of fused-ring (bicyclic) bond motifs is 4. The van der Waals surface area contributed by atoms with Crippen LogP contribution >= 0.6 is 23.5 Å². The van der Waals surface area contributed by atoms with Crippen molar-refractivity contribution in [2.24, 2.45) is 73.4 Å². The third-order valence-corrected chi connectivity index (χ3v) is 21.9. The van der Waals surface area contributed by atoms with E-state index in [0.29, 0.717) is 85.6 Å². The number of hydrogen-bond donors (Lipinski definition) is 19. The number of esters is 1. The number of thioether (sulfide) groups is 2. The number of aromatic nitrogens is 1. The standard InChI is InChI=1S/C76H114N20O17S2/c1-109-60-31-41(32-61(110-2)65(60)99)63-47-35-59-58(112-40-113-59)34-46(47)45(48-37-111-74(108)64(48)63)33-43(97)38-115-39-49(80)67(101)86-28-21-62(98)90-52(19-12-26-87-75(82)83)68(102)93-55(20-13-27-88-76(84)85)70(104)95-56(22-29-114-3)72(106)92-54(18-8-11-25-79)71(105)96-57(30-42-36-89-50-15-5-4-14-44(42)50)73(107)94-53(17-7-10-24-78)69(103)91-51(66(81)100)16-6-9-23-77/h4-5,14-15,31-32,34-36,45,48-49,51-57,63-64,89,99H,6-13,16-30,33,37-40,77-80H2,1-3H3,(H2,81,100)(H,86,101)(H,90,98)(H,91,103)(H,92,106)(H,93,102)(H,94,107)(H,95,104)(H,96,105)(H4,82,83,87)(H4,84,85,88)/t45-,48-,49+,51+,52+,53+,54+,55+,56+,57+,63-,64+/m1/s1. The number of benzene rings is 3. The Bertz CT molecular complexity index is 4030. The van der Waals surface area contributed by atoms with Gasteiger partial charge in [-0.25, -0.2) is 0 Å². The zero-order valence-corrected chi connectivity index (χ0v) is 66.9. The maximum Gasteiger partial charge on any atom is 0.310 e. The summed E-state index contributed by atoms with van der Waals surface area (Å²) in [6.45, 7) is 0.697. The van der Waals surface area contributed by atoms with Crippen LogP contribution in [0, 0.1) is 11.8 Å². The summed E-state index contributed by atoms with van der Waals surface area (Å²) in [4.78, 5) is 166. The molecule has 0 bridgehead atoms. The molecule has 1 aliphatic carbocycles. The lowest BCUT2D eigenvalue weighted by molar-refractivity contribution is -0.141. The Morgan fingerprint density at radius 2 is 1.10 bits per heavy atom. The van der Waals surface area contributed by atoms with E-state index in [4.69, 9.17) is 75.3 Å². The zero-order valence-electron chi connectivity index (χ0n) is 65.3. The number of unbranched alkanes of at least 4 members (excludes halogenated alkanes) is 3. The molecule has 37 nitrogen and oxygen atoms in total. The van der Waals surface area contributed by atoms with Gasteiger partial charge in [0.05, 0.1) is 38.5 Å². The summed E-state index contributed by atoms with van der Waals surface area (Å²) >= 11 is 2.48. The molecule has 1 fully saturated rings. The average Bonchev–Trinajstić information content (AvgIpc) is 1.66. The van der Waals surface area contributed by atoms with E-state index in [2.05, 4.69) is 57.5 Å². The number of aromatic hydroxyl groups is 1. The average molecular weight is 1640 g/mol. The molecule has 3 heterocycles. The Morgan fingerprint density at radius 3 is 1.62 bits per heavy atom. The number of guanidine groups is 2. The highest BCUT2D eigenvalue weighted by molar-refractivity contribution is 8.00. The number of methoxy groups -OCH3 is 2. The van der Waals surface area contributed by atoms with E-state index in [1.54, 1.807) is 30.7 Å². The van der Waals surface area contributed by atoms with Crippen LogP contribution in [0.3, 0.4) is 0 Å². The largest absolute Gasteiger partial charge is 0.502 e. The maximum absolute atomic E-state index is 14.9. The molecule has 0 unspecified atom stereocenters. The number of phenols is 1. The number of para-hydroxylation sites is 1. The number of aliphatic imine (C=N–C) groups is 2. The van der Waals surface area contributed by atoms with Gasteiger partial charge in [0, 0.05) is 73.6 Å². The van der Waals surface area contributed by atoms with E-state index in [0.717, 1.165) is 28.2 Å². The second-order valence-corrected chi connectivity index (χ2v) is 30.4. The first-order chi connectivity index (χ1) is 55.2. The van der Waals surface area contributed by atoms with Gasteiger partial charge in [-0.2, -0.15) is 23.5 Å². The summed E-state index contributed by atoms with van der Waals surface area (Å²) in [6.07, 6.45) is 6.20. The van der Waals surface area contributed by atoms with Crippen LogP contribution in [0.4, 0.5) is 0 Å². The van der Waals surface area contributed by atoms with Gasteiger partial charge in [0.25, 0.3) is 0 Å². The number of carbonyl (C=O) groups is 11. The van der Waals surface area contributed by atoms with Gasteiger partial charge in [0.15, 0.2) is 34.9 Å². The predicted octanol–water partition coefficient (Wildman–Crippen LogP) is -1.47. The third-order valence-electron chi connectivity index (χ3n) is 20.1. The van der Waals surface area contributed by atoms with Crippen LogP contribution < -0.4 is 113 Å². The molecule has 632 valence electrons. The van der Waals surface area contributed by atoms with E-state index in [1.807, 2.05) is 30.3 Å². The number of amides is 9. The number of carbonyl (C=O) groups excluding carboxylic acids is 11. The smallest absolute Gasteiger partial charge is 0.310 e. The lowest BCUT2D eigenvalue weighted by Gasteiger charge is -2.39. The van der Waals surface area contributed by atoms with Crippen molar-refractivity contribution in [3.63, 3.8) is 0 Å². The van der Waals surface area contributed by atoms with Crippen LogP contribution in [-0.2, 0) is 63.9 Å². The first kappa shape index (κ1) is 91.8. The van der Waals surface area contributed by atoms with Crippen LogP contribution in [-0.4, -0.2) is 226 Å². The summed E-state index contributed by atoms with van der Waals surface area (Å²) < 4.78 is 28.2. The van der Waals surface area contributed by atoms with Crippen molar-refractivity contribution >= 4 is 111 Å². The molecular weight excluding hydrogens is 1530 g/mol. The number of phenolic OH excluding ortho intramolecular Hbond substituents is 1. The molecule has 4 aromatic rings. The molecule has 115 heavy (non-hydrogen) atoms. The molecule has 0 radical (unpaired) electrons. The molecule has 0 spiro atoms. The quantitative estimate of drug-likeness (QED) is 0.0104. The molecule has 7 rings (SSSR count).